The number of rotatable bonds is 5. The van der Waals surface area contributed by atoms with Gasteiger partial charge in [-0.25, -0.2) is 0 Å². The summed E-state index contributed by atoms with van der Waals surface area (Å²) in [4.78, 5) is 12.3. The zero-order valence-electron chi connectivity index (χ0n) is 14.2. The van der Waals surface area contributed by atoms with E-state index >= 15 is 0 Å². The minimum atomic E-state index is -5.08. The molecule has 0 aliphatic carbocycles. The van der Waals surface area contributed by atoms with Gasteiger partial charge < -0.3 is 28.1 Å². The smallest absolute Gasteiger partial charge is 0.446 e. The van der Waals surface area contributed by atoms with Crippen LogP contribution in [0.1, 0.15) is 0 Å². The second kappa shape index (κ2) is 7.06. The van der Waals surface area contributed by atoms with E-state index in [1.54, 1.807) is 0 Å². The number of benzene rings is 2. The van der Waals surface area contributed by atoms with Crippen molar-refractivity contribution in [2.24, 2.45) is 0 Å². The second-order valence-corrected chi connectivity index (χ2v) is 7.70. The van der Waals surface area contributed by atoms with Crippen LogP contribution in [0.5, 0.6) is 28.7 Å². The molecule has 0 amide bonds. The maximum absolute atomic E-state index is 12.3. The zero-order chi connectivity index (χ0) is 22.4. The van der Waals surface area contributed by atoms with Gasteiger partial charge in [-0.3, -0.25) is 13.9 Å². The third kappa shape index (κ3) is 4.54. The number of hydrogen-bond acceptors (Lipinski definition) is 11. The van der Waals surface area contributed by atoms with Crippen molar-refractivity contribution in [3.05, 3.63) is 40.6 Å². The largest absolute Gasteiger partial charge is 0.507 e. The maximum atomic E-state index is 12.3. The van der Waals surface area contributed by atoms with E-state index < -0.39 is 60.6 Å². The van der Waals surface area contributed by atoms with Crippen molar-refractivity contribution in [2.75, 3.05) is 0 Å². The van der Waals surface area contributed by atoms with Gasteiger partial charge in [-0.2, -0.15) is 16.8 Å². The second-order valence-electron chi connectivity index (χ2n) is 5.65. The van der Waals surface area contributed by atoms with Crippen LogP contribution in [0.3, 0.4) is 0 Å². The molecule has 160 valence electrons. The number of hydrogen-bond donors (Lipinski definition) is 5. The lowest BCUT2D eigenvalue weighted by Gasteiger charge is -2.10. The number of fused-ring (bicyclic) bond motifs is 1. The van der Waals surface area contributed by atoms with Crippen molar-refractivity contribution < 1.29 is 54.0 Å². The van der Waals surface area contributed by atoms with Gasteiger partial charge >= 0.3 is 20.8 Å². The summed E-state index contributed by atoms with van der Waals surface area (Å²) in [6.45, 7) is 0. The SMILES string of the molecule is O=c1cc(-c2cc(O)c(O)c(OS(=O)(=O)O)c2)oc2cc(OS(=O)(=O)O)cc(O)c12. The average molecular weight is 462 g/mol. The molecule has 5 N–H and O–H groups in total. The first-order chi connectivity index (χ1) is 13.7. The van der Waals surface area contributed by atoms with Gasteiger partial charge in [0.2, 0.25) is 5.75 Å². The first-order valence-electron chi connectivity index (χ1n) is 7.44. The molecule has 0 radical (unpaired) electrons. The minimum absolute atomic E-state index is 0.219. The third-order valence-electron chi connectivity index (χ3n) is 3.52. The van der Waals surface area contributed by atoms with Gasteiger partial charge in [0.1, 0.15) is 22.5 Å². The Hall–Kier alpha value is -3.53. The predicted octanol–water partition coefficient (Wildman–Crippen LogP) is 0.940. The van der Waals surface area contributed by atoms with Gasteiger partial charge in [-0.05, 0) is 12.1 Å². The van der Waals surface area contributed by atoms with Crippen LogP contribution in [0.2, 0.25) is 0 Å². The van der Waals surface area contributed by atoms with Gasteiger partial charge in [0.05, 0.1) is 0 Å². The highest BCUT2D eigenvalue weighted by Gasteiger charge is 2.20. The molecule has 1 heterocycles. The maximum Gasteiger partial charge on any atom is 0.446 e. The van der Waals surface area contributed by atoms with Gasteiger partial charge in [0, 0.05) is 23.8 Å². The lowest BCUT2D eigenvalue weighted by atomic mass is 10.1. The topological polar surface area (TPSA) is 218 Å². The van der Waals surface area contributed by atoms with Crippen LogP contribution in [-0.2, 0) is 20.8 Å². The van der Waals surface area contributed by atoms with E-state index in [2.05, 4.69) is 8.37 Å². The Labute approximate surface area is 166 Å². The summed E-state index contributed by atoms with van der Waals surface area (Å²) in [6.07, 6.45) is 0. The van der Waals surface area contributed by atoms with E-state index in [0.717, 1.165) is 30.3 Å². The normalized spacial score (nSPS) is 12.1. The lowest BCUT2D eigenvalue weighted by Crippen LogP contribution is -2.08. The van der Waals surface area contributed by atoms with Crippen molar-refractivity contribution in [1.29, 1.82) is 0 Å². The van der Waals surface area contributed by atoms with E-state index in [-0.39, 0.29) is 16.7 Å². The molecule has 0 unspecified atom stereocenters. The summed E-state index contributed by atoms with van der Waals surface area (Å²) >= 11 is 0. The molecule has 0 saturated carbocycles. The monoisotopic (exact) mass is 462 g/mol. The van der Waals surface area contributed by atoms with Crippen molar-refractivity contribution in [2.45, 2.75) is 0 Å². The fourth-order valence-electron chi connectivity index (χ4n) is 2.47. The van der Waals surface area contributed by atoms with E-state index in [1.807, 2.05) is 0 Å². The Morgan fingerprint density at radius 2 is 1.43 bits per heavy atom. The molecule has 0 atom stereocenters. The quantitative estimate of drug-likeness (QED) is 0.264. The Balaban J connectivity index is 2.23. The predicted molar refractivity (Wildman–Crippen MR) is 97.3 cm³/mol. The highest BCUT2D eigenvalue weighted by atomic mass is 32.3. The summed E-state index contributed by atoms with van der Waals surface area (Å²) in [5.74, 6) is -4.55. The molecular weight excluding hydrogens is 452 g/mol. The summed E-state index contributed by atoms with van der Waals surface area (Å²) in [6, 6.07) is 4.06. The van der Waals surface area contributed by atoms with E-state index in [0.29, 0.717) is 0 Å². The molecule has 2 aromatic carbocycles. The summed E-state index contributed by atoms with van der Waals surface area (Å²) in [5, 5.41) is 29.0. The van der Waals surface area contributed by atoms with Crippen molar-refractivity contribution in [3.8, 4) is 40.1 Å². The molecule has 0 spiro atoms. The fourth-order valence-corrected chi connectivity index (χ4v) is 3.16. The molecule has 0 bridgehead atoms. The lowest BCUT2D eigenvalue weighted by molar-refractivity contribution is 0.357. The van der Waals surface area contributed by atoms with Crippen molar-refractivity contribution >= 4 is 31.8 Å². The molecule has 0 saturated heterocycles. The molecule has 15 heteroatoms. The average Bonchev–Trinajstić information content (AvgIpc) is 2.55. The molecule has 0 aliphatic heterocycles. The van der Waals surface area contributed by atoms with Crippen LogP contribution in [0.15, 0.2) is 39.5 Å². The summed E-state index contributed by atoms with van der Waals surface area (Å²) in [7, 11) is -10.0. The molecule has 13 nitrogen and oxygen atoms in total. The van der Waals surface area contributed by atoms with Gasteiger partial charge in [0.25, 0.3) is 0 Å². The molecule has 1 aromatic heterocycles. The number of phenols is 3. The van der Waals surface area contributed by atoms with E-state index in [4.69, 9.17) is 13.5 Å². The van der Waals surface area contributed by atoms with Gasteiger partial charge in [-0.1, -0.05) is 0 Å². The highest BCUT2D eigenvalue weighted by molar-refractivity contribution is 7.81. The van der Waals surface area contributed by atoms with Gasteiger partial charge in [0.15, 0.2) is 22.7 Å². The fraction of sp³-hybridized carbons (Fsp3) is 0. The first-order valence-corrected chi connectivity index (χ1v) is 10.2. The molecule has 3 aromatic rings. The van der Waals surface area contributed by atoms with Gasteiger partial charge in [-0.15, -0.1) is 0 Å². The highest BCUT2D eigenvalue weighted by Crippen LogP contribution is 2.41. The number of aromatic hydroxyl groups is 3. The Kier molecular flexibility index (Phi) is 4.99. The summed E-state index contributed by atoms with van der Waals surface area (Å²) < 4.78 is 74.7. The van der Waals surface area contributed by atoms with E-state index in [9.17, 15) is 36.9 Å². The Bertz CT molecular complexity index is 1440. The van der Waals surface area contributed by atoms with Crippen molar-refractivity contribution in [3.63, 3.8) is 0 Å². The summed E-state index contributed by atoms with van der Waals surface area (Å²) in [5.41, 5.74) is -1.48. The van der Waals surface area contributed by atoms with Crippen LogP contribution in [0.25, 0.3) is 22.3 Å². The standard InChI is InChI=1S/C15H10O13S2/c16-8-3-7(27-29(20,21)22)4-12-14(8)9(17)5-11(26-12)6-1-10(18)15(19)13(2-6)28-30(23,24)25/h1-5,16,18-19H,(H,20,21,22)(H,23,24,25). The van der Waals surface area contributed by atoms with Crippen LogP contribution in [0, 0.1) is 0 Å². The first kappa shape index (κ1) is 21.2. The van der Waals surface area contributed by atoms with Crippen LogP contribution >= 0.6 is 0 Å². The Morgan fingerprint density at radius 3 is 2.03 bits per heavy atom. The van der Waals surface area contributed by atoms with Crippen molar-refractivity contribution in [1.82, 2.24) is 0 Å². The van der Waals surface area contributed by atoms with E-state index in [1.165, 1.54) is 0 Å². The molecular formula is C15H10O13S2. The van der Waals surface area contributed by atoms with Crippen LogP contribution in [-0.4, -0.2) is 41.3 Å². The number of phenolic OH excluding ortho intramolecular Hbond substituents is 3. The molecule has 0 aliphatic rings. The van der Waals surface area contributed by atoms with Crippen LogP contribution in [0.4, 0.5) is 0 Å². The molecule has 30 heavy (non-hydrogen) atoms. The third-order valence-corrected chi connectivity index (χ3v) is 4.31. The van der Waals surface area contributed by atoms with Crippen LogP contribution < -0.4 is 13.8 Å². The molecule has 3 rings (SSSR count). The zero-order valence-corrected chi connectivity index (χ0v) is 15.8. The minimum Gasteiger partial charge on any atom is -0.507 e. The Morgan fingerprint density at radius 1 is 0.800 bits per heavy atom. The molecule has 0 fully saturated rings.